The highest BCUT2D eigenvalue weighted by Gasteiger charge is 2.37. The zero-order chi connectivity index (χ0) is 19.7. The summed E-state index contributed by atoms with van der Waals surface area (Å²) >= 11 is 1.33. The zero-order valence-corrected chi connectivity index (χ0v) is 16.6. The van der Waals surface area contributed by atoms with Crippen LogP contribution in [0, 0.1) is 6.92 Å². The lowest BCUT2D eigenvalue weighted by Gasteiger charge is -2.39. The number of anilines is 1. The number of nitrogen functional groups attached to an aromatic ring is 1. The quantitative estimate of drug-likeness (QED) is 0.709. The van der Waals surface area contributed by atoms with Gasteiger partial charge in [0, 0.05) is 13.1 Å². The molecule has 28 heavy (non-hydrogen) atoms. The smallest absolute Gasteiger partial charge is 0.274 e. The van der Waals surface area contributed by atoms with Gasteiger partial charge in [-0.2, -0.15) is 0 Å². The second kappa shape index (κ2) is 7.37. The number of carbonyl (C=O) groups excluding carboxylic acids is 1. The van der Waals surface area contributed by atoms with Gasteiger partial charge in [-0.05, 0) is 36.5 Å². The Balaban J connectivity index is 1.55. The number of nitrogens with two attached hydrogens (primary N) is 1. The number of carbonyl (C=O) groups is 1. The van der Waals surface area contributed by atoms with E-state index in [1.165, 1.54) is 11.3 Å². The second-order valence-corrected chi connectivity index (χ2v) is 8.27. The molecule has 0 saturated carbocycles. The lowest BCUT2D eigenvalue weighted by Crippen LogP contribution is -2.45. The summed E-state index contributed by atoms with van der Waals surface area (Å²) in [5.41, 5.74) is 8.38. The minimum absolute atomic E-state index is 0.126. The Morgan fingerprint density at radius 3 is 2.43 bits per heavy atom. The molecular formula is C22H23N3O2S. The van der Waals surface area contributed by atoms with Gasteiger partial charge >= 0.3 is 0 Å². The summed E-state index contributed by atoms with van der Waals surface area (Å²) in [5.74, 6) is -0.126. The van der Waals surface area contributed by atoms with E-state index in [-0.39, 0.29) is 5.91 Å². The van der Waals surface area contributed by atoms with Gasteiger partial charge < -0.3 is 15.7 Å². The first-order valence-electron chi connectivity index (χ1n) is 9.37. The van der Waals surface area contributed by atoms with Crippen molar-refractivity contribution in [1.82, 2.24) is 9.88 Å². The molecule has 6 heteroatoms. The Morgan fingerprint density at radius 1 is 1.11 bits per heavy atom. The van der Waals surface area contributed by atoms with Gasteiger partial charge in [0.05, 0.1) is 10.5 Å². The lowest BCUT2D eigenvalue weighted by molar-refractivity contribution is -0.0216. The molecule has 4 rings (SSSR count). The highest BCUT2D eigenvalue weighted by Crippen LogP contribution is 2.37. The van der Waals surface area contributed by atoms with Crippen LogP contribution in [0.4, 0.5) is 5.13 Å². The summed E-state index contributed by atoms with van der Waals surface area (Å²) in [6.07, 6.45) is 1.01. The third-order valence-corrected chi connectivity index (χ3v) is 6.34. The molecule has 2 heterocycles. The summed E-state index contributed by atoms with van der Waals surface area (Å²) in [4.78, 5) is 20.0. The largest absolute Gasteiger partial charge is 0.385 e. The number of benzene rings is 2. The van der Waals surface area contributed by atoms with Crippen LogP contribution >= 0.6 is 11.3 Å². The molecule has 3 aromatic rings. The first-order valence-corrected chi connectivity index (χ1v) is 10.2. The predicted octanol–water partition coefficient (Wildman–Crippen LogP) is 3.82. The van der Waals surface area contributed by atoms with Crippen LogP contribution in [0.3, 0.4) is 0 Å². The zero-order valence-electron chi connectivity index (χ0n) is 15.8. The molecule has 1 aliphatic rings. The van der Waals surface area contributed by atoms with Gasteiger partial charge in [0.2, 0.25) is 0 Å². The fraction of sp³-hybridized carbons (Fsp3) is 0.273. The molecule has 0 spiro atoms. The highest BCUT2D eigenvalue weighted by atomic mass is 32.1. The van der Waals surface area contributed by atoms with Crippen LogP contribution in [0.25, 0.3) is 10.4 Å². The Kier molecular flexibility index (Phi) is 4.91. The van der Waals surface area contributed by atoms with Gasteiger partial charge in [-0.1, -0.05) is 65.9 Å². The maximum atomic E-state index is 13.2. The molecule has 1 amide bonds. The van der Waals surface area contributed by atoms with Crippen molar-refractivity contribution in [3.8, 4) is 10.4 Å². The number of likely N-dealkylation sites (tertiary alicyclic amines) is 1. The van der Waals surface area contributed by atoms with E-state index in [0.717, 1.165) is 21.6 Å². The SMILES string of the molecule is Cc1ccccc1C1(O)CCN(C(=O)c2nc(N)sc2-c2ccccc2)CC1. The van der Waals surface area contributed by atoms with E-state index in [1.807, 2.05) is 61.5 Å². The minimum Gasteiger partial charge on any atom is -0.385 e. The number of hydrogen-bond acceptors (Lipinski definition) is 5. The Bertz CT molecular complexity index is 992. The number of aryl methyl sites for hydroxylation is 1. The normalized spacial score (nSPS) is 16.1. The van der Waals surface area contributed by atoms with Crippen molar-refractivity contribution in [2.75, 3.05) is 18.8 Å². The van der Waals surface area contributed by atoms with E-state index in [9.17, 15) is 9.90 Å². The molecule has 1 aromatic heterocycles. The monoisotopic (exact) mass is 393 g/mol. The molecule has 3 N–H and O–H groups in total. The summed E-state index contributed by atoms with van der Waals surface area (Å²) < 4.78 is 0. The average Bonchev–Trinajstić information content (AvgIpc) is 3.11. The number of aliphatic hydroxyl groups is 1. The van der Waals surface area contributed by atoms with E-state index >= 15 is 0 Å². The molecule has 1 saturated heterocycles. The Morgan fingerprint density at radius 2 is 1.75 bits per heavy atom. The standard InChI is InChI=1S/C22H23N3O2S/c1-15-7-5-6-10-17(15)22(27)11-13-25(14-12-22)20(26)18-19(28-21(23)24-18)16-8-3-2-4-9-16/h2-10,27H,11-14H2,1H3,(H2,23,24). The number of piperidine rings is 1. The van der Waals surface area contributed by atoms with Gasteiger partial charge in [-0.3, -0.25) is 4.79 Å². The summed E-state index contributed by atoms with van der Waals surface area (Å²) in [6, 6.07) is 17.6. The summed E-state index contributed by atoms with van der Waals surface area (Å²) in [5, 5.41) is 11.5. The number of aromatic nitrogens is 1. The summed E-state index contributed by atoms with van der Waals surface area (Å²) in [6.45, 7) is 2.97. The maximum Gasteiger partial charge on any atom is 0.274 e. The second-order valence-electron chi connectivity index (χ2n) is 7.23. The lowest BCUT2D eigenvalue weighted by atomic mass is 9.82. The first-order chi connectivity index (χ1) is 13.5. The molecule has 0 bridgehead atoms. The van der Waals surface area contributed by atoms with Crippen LogP contribution < -0.4 is 5.73 Å². The highest BCUT2D eigenvalue weighted by molar-refractivity contribution is 7.19. The first kappa shape index (κ1) is 18.7. The molecule has 5 nitrogen and oxygen atoms in total. The fourth-order valence-electron chi connectivity index (χ4n) is 3.86. The van der Waals surface area contributed by atoms with Gasteiger partial charge in [0.1, 0.15) is 5.69 Å². The molecule has 0 radical (unpaired) electrons. The third-order valence-electron chi connectivity index (χ3n) is 5.41. The number of thiazole rings is 1. The Hall–Kier alpha value is -2.70. The molecular weight excluding hydrogens is 370 g/mol. The van der Waals surface area contributed by atoms with E-state index in [4.69, 9.17) is 5.73 Å². The molecule has 0 unspecified atom stereocenters. The number of amides is 1. The fourth-order valence-corrected chi connectivity index (χ4v) is 4.69. The average molecular weight is 394 g/mol. The van der Waals surface area contributed by atoms with Gasteiger partial charge in [-0.25, -0.2) is 4.98 Å². The van der Waals surface area contributed by atoms with Crippen molar-refractivity contribution in [2.24, 2.45) is 0 Å². The van der Waals surface area contributed by atoms with Crippen LogP contribution in [-0.4, -0.2) is 34.0 Å². The Labute approximate surface area is 168 Å². The number of rotatable bonds is 3. The van der Waals surface area contributed by atoms with E-state index in [0.29, 0.717) is 36.8 Å². The van der Waals surface area contributed by atoms with Gasteiger partial charge in [0.15, 0.2) is 5.13 Å². The molecule has 2 aromatic carbocycles. The van der Waals surface area contributed by atoms with Crippen molar-refractivity contribution in [3.05, 3.63) is 71.4 Å². The van der Waals surface area contributed by atoms with Gasteiger partial charge in [0.25, 0.3) is 5.91 Å². The van der Waals surface area contributed by atoms with Crippen molar-refractivity contribution in [3.63, 3.8) is 0 Å². The van der Waals surface area contributed by atoms with Crippen molar-refractivity contribution >= 4 is 22.4 Å². The number of nitrogens with zero attached hydrogens (tertiary/aromatic N) is 2. The van der Waals surface area contributed by atoms with Crippen LogP contribution in [-0.2, 0) is 5.60 Å². The minimum atomic E-state index is -0.897. The topological polar surface area (TPSA) is 79.5 Å². The molecule has 0 aliphatic carbocycles. The van der Waals surface area contributed by atoms with Crippen LogP contribution in [0.5, 0.6) is 0 Å². The predicted molar refractivity (Wildman–Crippen MR) is 112 cm³/mol. The van der Waals surface area contributed by atoms with E-state index in [2.05, 4.69) is 4.98 Å². The van der Waals surface area contributed by atoms with Crippen LogP contribution in [0.15, 0.2) is 54.6 Å². The van der Waals surface area contributed by atoms with Crippen molar-refractivity contribution in [1.29, 1.82) is 0 Å². The molecule has 144 valence electrons. The third kappa shape index (κ3) is 3.41. The molecule has 1 fully saturated rings. The maximum absolute atomic E-state index is 13.2. The molecule has 0 atom stereocenters. The number of hydrogen-bond donors (Lipinski definition) is 2. The molecule has 1 aliphatic heterocycles. The van der Waals surface area contributed by atoms with Crippen molar-refractivity contribution in [2.45, 2.75) is 25.4 Å². The van der Waals surface area contributed by atoms with Crippen LogP contribution in [0.1, 0.15) is 34.5 Å². The van der Waals surface area contributed by atoms with E-state index < -0.39 is 5.60 Å². The van der Waals surface area contributed by atoms with Crippen LogP contribution in [0.2, 0.25) is 0 Å². The van der Waals surface area contributed by atoms with Crippen molar-refractivity contribution < 1.29 is 9.90 Å². The summed E-state index contributed by atoms with van der Waals surface area (Å²) in [7, 11) is 0. The van der Waals surface area contributed by atoms with Gasteiger partial charge in [-0.15, -0.1) is 0 Å². The van der Waals surface area contributed by atoms with E-state index in [1.54, 1.807) is 4.90 Å².